The maximum atomic E-state index is 3.90. The van der Waals surface area contributed by atoms with Crippen molar-refractivity contribution in [2.75, 3.05) is 0 Å². The summed E-state index contributed by atoms with van der Waals surface area (Å²) in [6.07, 6.45) is 0. The fourth-order valence-electron chi connectivity index (χ4n) is 6.58. The molecule has 1 heteroatoms. The second-order valence-corrected chi connectivity index (χ2v) is 11.9. The van der Waals surface area contributed by atoms with Gasteiger partial charge in [-0.25, -0.2) is 0 Å². The van der Waals surface area contributed by atoms with Crippen molar-refractivity contribution in [3.8, 4) is 33.4 Å². The van der Waals surface area contributed by atoms with Crippen LogP contribution in [0.2, 0.25) is 0 Å². The van der Waals surface area contributed by atoms with Crippen molar-refractivity contribution >= 4 is 15.9 Å². The molecule has 0 aliphatic heterocycles. The van der Waals surface area contributed by atoms with E-state index >= 15 is 0 Å². The van der Waals surface area contributed by atoms with Crippen molar-refractivity contribution in [2.45, 2.75) is 31.6 Å². The SMILES string of the molecule is CC(C)(C)c1ccc(-c2cccc3c2-c2ccccc2C32c3ccccc3-c3c(Br)cccc32)cc1. The topological polar surface area (TPSA) is 0 Å². The zero-order chi connectivity index (χ0) is 24.7. The zero-order valence-corrected chi connectivity index (χ0v) is 22.4. The first-order chi connectivity index (χ1) is 17.4. The van der Waals surface area contributed by atoms with E-state index in [1.54, 1.807) is 0 Å². The first-order valence-electron chi connectivity index (χ1n) is 12.7. The predicted octanol–water partition coefficient (Wildman–Crippen LogP) is 9.76. The second-order valence-electron chi connectivity index (χ2n) is 11.1. The first-order valence-corrected chi connectivity index (χ1v) is 13.4. The van der Waals surface area contributed by atoms with Crippen LogP contribution in [0.5, 0.6) is 0 Å². The van der Waals surface area contributed by atoms with Crippen molar-refractivity contribution in [2.24, 2.45) is 0 Å². The first kappa shape index (κ1) is 21.8. The van der Waals surface area contributed by atoms with Gasteiger partial charge in [0.2, 0.25) is 0 Å². The Balaban J connectivity index is 1.58. The Morgan fingerprint density at radius 1 is 0.500 bits per heavy atom. The van der Waals surface area contributed by atoms with Crippen LogP contribution in [0, 0.1) is 0 Å². The molecule has 1 spiro atoms. The molecule has 1 atom stereocenters. The van der Waals surface area contributed by atoms with Gasteiger partial charge in [0.1, 0.15) is 0 Å². The minimum atomic E-state index is -0.316. The molecule has 7 rings (SSSR count). The maximum absolute atomic E-state index is 3.90. The van der Waals surface area contributed by atoms with E-state index in [1.165, 1.54) is 61.2 Å². The molecule has 0 bridgehead atoms. The highest BCUT2D eigenvalue weighted by molar-refractivity contribution is 9.10. The largest absolute Gasteiger partial charge is 0.0726 e. The molecule has 1 unspecified atom stereocenters. The van der Waals surface area contributed by atoms with Gasteiger partial charge in [0.05, 0.1) is 5.41 Å². The highest BCUT2D eigenvalue weighted by Crippen LogP contribution is 2.64. The molecule has 5 aromatic rings. The molecular formula is C35H27Br. The van der Waals surface area contributed by atoms with Gasteiger partial charge in [0.15, 0.2) is 0 Å². The molecule has 0 N–H and O–H groups in total. The van der Waals surface area contributed by atoms with E-state index in [-0.39, 0.29) is 10.8 Å². The fourth-order valence-corrected chi connectivity index (χ4v) is 7.16. The number of rotatable bonds is 1. The van der Waals surface area contributed by atoms with E-state index in [1.807, 2.05) is 0 Å². The fraction of sp³-hybridized carbons (Fsp3) is 0.143. The Kier molecular flexibility index (Phi) is 4.57. The smallest absolute Gasteiger partial charge is 0.0619 e. The normalized spacial score (nSPS) is 17.0. The summed E-state index contributed by atoms with van der Waals surface area (Å²) < 4.78 is 1.16. The summed E-state index contributed by atoms with van der Waals surface area (Å²) >= 11 is 3.90. The van der Waals surface area contributed by atoms with Gasteiger partial charge in [-0.05, 0) is 67.1 Å². The zero-order valence-electron chi connectivity index (χ0n) is 20.8. The van der Waals surface area contributed by atoms with Gasteiger partial charge in [0, 0.05) is 10.0 Å². The van der Waals surface area contributed by atoms with Crippen LogP contribution in [0.4, 0.5) is 0 Å². The van der Waals surface area contributed by atoms with Gasteiger partial charge in [-0.1, -0.05) is 140 Å². The van der Waals surface area contributed by atoms with Crippen LogP contribution >= 0.6 is 15.9 Å². The number of hydrogen-bond acceptors (Lipinski definition) is 0. The molecule has 0 saturated heterocycles. The lowest BCUT2D eigenvalue weighted by Gasteiger charge is -2.30. The summed E-state index contributed by atoms with van der Waals surface area (Å²) in [7, 11) is 0. The van der Waals surface area contributed by atoms with Crippen LogP contribution < -0.4 is 0 Å². The lowest BCUT2D eigenvalue weighted by Crippen LogP contribution is -2.25. The van der Waals surface area contributed by atoms with Gasteiger partial charge in [-0.3, -0.25) is 0 Å². The Labute approximate surface area is 221 Å². The maximum Gasteiger partial charge on any atom is 0.0726 e. The molecule has 174 valence electrons. The predicted molar refractivity (Wildman–Crippen MR) is 155 cm³/mol. The van der Waals surface area contributed by atoms with Gasteiger partial charge in [0.25, 0.3) is 0 Å². The van der Waals surface area contributed by atoms with Crippen LogP contribution in [-0.2, 0) is 10.8 Å². The average Bonchev–Trinajstić information content (AvgIpc) is 3.36. The molecule has 36 heavy (non-hydrogen) atoms. The minimum absolute atomic E-state index is 0.137. The molecule has 5 aromatic carbocycles. The minimum Gasteiger partial charge on any atom is -0.0619 e. The third kappa shape index (κ3) is 2.75. The van der Waals surface area contributed by atoms with Crippen molar-refractivity contribution in [1.82, 2.24) is 0 Å². The van der Waals surface area contributed by atoms with Crippen LogP contribution in [0.15, 0.2) is 114 Å². The molecule has 0 amide bonds. The average molecular weight is 528 g/mol. The van der Waals surface area contributed by atoms with Crippen LogP contribution in [0.25, 0.3) is 33.4 Å². The summed E-state index contributed by atoms with van der Waals surface area (Å²) in [5, 5.41) is 0. The highest BCUT2D eigenvalue weighted by atomic mass is 79.9. The van der Waals surface area contributed by atoms with Crippen molar-refractivity contribution in [3.63, 3.8) is 0 Å². The highest BCUT2D eigenvalue weighted by Gasteiger charge is 2.52. The lowest BCUT2D eigenvalue weighted by molar-refractivity contribution is 0.590. The molecule has 0 radical (unpaired) electrons. The molecule has 0 heterocycles. The van der Waals surface area contributed by atoms with E-state index in [0.29, 0.717) is 0 Å². The van der Waals surface area contributed by atoms with Crippen molar-refractivity contribution in [1.29, 1.82) is 0 Å². The van der Waals surface area contributed by atoms with E-state index in [9.17, 15) is 0 Å². The number of hydrogen-bond donors (Lipinski definition) is 0. The van der Waals surface area contributed by atoms with E-state index in [2.05, 4.69) is 146 Å². The lowest BCUT2D eigenvalue weighted by atomic mass is 9.70. The van der Waals surface area contributed by atoms with Gasteiger partial charge >= 0.3 is 0 Å². The molecule has 2 aliphatic rings. The second kappa shape index (κ2) is 7.54. The van der Waals surface area contributed by atoms with Crippen molar-refractivity contribution in [3.05, 3.63) is 141 Å². The quantitative estimate of drug-likeness (QED) is 0.199. The Morgan fingerprint density at radius 3 is 1.64 bits per heavy atom. The molecule has 0 fully saturated rings. The Hall–Kier alpha value is -3.42. The summed E-state index contributed by atoms with van der Waals surface area (Å²) in [4.78, 5) is 0. The third-order valence-corrected chi connectivity index (χ3v) is 8.81. The Bertz CT molecular complexity index is 1670. The van der Waals surface area contributed by atoms with E-state index in [4.69, 9.17) is 0 Å². The van der Waals surface area contributed by atoms with Crippen LogP contribution in [-0.4, -0.2) is 0 Å². The summed E-state index contributed by atoms with van der Waals surface area (Å²) in [6, 6.07) is 40.8. The van der Waals surface area contributed by atoms with Crippen LogP contribution in [0.1, 0.15) is 48.6 Å². The molecular weight excluding hydrogens is 500 g/mol. The summed E-state index contributed by atoms with van der Waals surface area (Å²) in [6.45, 7) is 6.82. The molecule has 0 nitrogen and oxygen atoms in total. The number of fused-ring (bicyclic) bond motifs is 10. The number of benzene rings is 5. The summed E-state index contributed by atoms with van der Waals surface area (Å²) in [5.74, 6) is 0. The van der Waals surface area contributed by atoms with E-state index < -0.39 is 0 Å². The van der Waals surface area contributed by atoms with Crippen LogP contribution in [0.3, 0.4) is 0 Å². The third-order valence-electron chi connectivity index (χ3n) is 8.15. The number of halogens is 1. The van der Waals surface area contributed by atoms with E-state index in [0.717, 1.165) is 4.47 Å². The standard InChI is InChI=1S/C35H27Br/c1-34(2,3)23-20-18-22(19-21-23)24-12-8-15-29-32(24)25-10-4-6-13-27(25)35(29)28-14-7-5-11-26(28)33-30(35)16-9-17-31(33)36/h4-21H,1-3H3. The molecule has 0 saturated carbocycles. The molecule has 2 aliphatic carbocycles. The van der Waals surface area contributed by atoms with Gasteiger partial charge < -0.3 is 0 Å². The Morgan fingerprint density at radius 2 is 1.00 bits per heavy atom. The molecule has 0 aromatic heterocycles. The van der Waals surface area contributed by atoms with Crippen molar-refractivity contribution < 1.29 is 0 Å². The monoisotopic (exact) mass is 526 g/mol. The van der Waals surface area contributed by atoms with Gasteiger partial charge in [-0.15, -0.1) is 0 Å². The van der Waals surface area contributed by atoms with Gasteiger partial charge in [-0.2, -0.15) is 0 Å². The summed E-state index contributed by atoms with van der Waals surface area (Å²) in [5.41, 5.74) is 14.6.